The van der Waals surface area contributed by atoms with Gasteiger partial charge in [0.05, 0.1) is 6.04 Å². The lowest BCUT2D eigenvalue weighted by Gasteiger charge is -2.29. The van der Waals surface area contributed by atoms with Gasteiger partial charge in [-0.3, -0.25) is 19.2 Å². The second-order valence-corrected chi connectivity index (χ2v) is 9.63. The molecule has 0 saturated carbocycles. The largest absolute Gasteiger partial charge is 0.481 e. The Hall–Kier alpha value is -2.69. The van der Waals surface area contributed by atoms with Crippen LogP contribution < -0.4 is 21.7 Å². The number of carboxylic acids is 2. The number of rotatable bonds is 16. The molecule has 0 heterocycles. The van der Waals surface area contributed by atoms with Gasteiger partial charge < -0.3 is 31.9 Å². The SMILES string of the molecule is CCC(C)C(NC(=O)C(CC(C)C)NC(=O)C(N)CCC(=O)O)C(=O)NC(CC(C)C)C(=O)O. The molecule has 0 aromatic carbocycles. The second kappa shape index (κ2) is 15.3. The first-order valence-corrected chi connectivity index (χ1v) is 11.8. The Morgan fingerprint density at radius 1 is 0.765 bits per heavy atom. The summed E-state index contributed by atoms with van der Waals surface area (Å²) in [6.45, 7) is 11.0. The molecule has 0 spiro atoms. The van der Waals surface area contributed by atoms with E-state index >= 15 is 0 Å². The molecule has 7 N–H and O–H groups in total. The van der Waals surface area contributed by atoms with Gasteiger partial charge in [0.2, 0.25) is 17.7 Å². The summed E-state index contributed by atoms with van der Waals surface area (Å²) in [5.41, 5.74) is 5.76. The molecule has 5 atom stereocenters. The summed E-state index contributed by atoms with van der Waals surface area (Å²) in [7, 11) is 0. The van der Waals surface area contributed by atoms with Crippen molar-refractivity contribution in [3.05, 3.63) is 0 Å². The van der Waals surface area contributed by atoms with Crippen LogP contribution in [-0.2, 0) is 24.0 Å². The third-order valence-corrected chi connectivity index (χ3v) is 5.46. The van der Waals surface area contributed by atoms with Gasteiger partial charge in [0.1, 0.15) is 18.1 Å². The lowest BCUT2D eigenvalue weighted by atomic mass is 9.95. The van der Waals surface area contributed by atoms with E-state index in [-0.39, 0.29) is 43.4 Å². The molecule has 0 aliphatic rings. The zero-order valence-electron chi connectivity index (χ0n) is 21.1. The summed E-state index contributed by atoms with van der Waals surface area (Å²) in [6.07, 6.45) is 0.682. The summed E-state index contributed by atoms with van der Waals surface area (Å²) < 4.78 is 0. The molecule has 0 saturated heterocycles. The number of aliphatic carboxylic acids is 2. The maximum absolute atomic E-state index is 13.1. The summed E-state index contributed by atoms with van der Waals surface area (Å²) in [5, 5.41) is 26.0. The maximum atomic E-state index is 13.1. The molecule has 34 heavy (non-hydrogen) atoms. The number of amides is 3. The summed E-state index contributed by atoms with van der Waals surface area (Å²) >= 11 is 0. The predicted octanol–water partition coefficient (Wildman–Crippen LogP) is 0.856. The number of hydrogen-bond donors (Lipinski definition) is 6. The topological polar surface area (TPSA) is 188 Å². The third-order valence-electron chi connectivity index (χ3n) is 5.46. The minimum atomic E-state index is -1.16. The van der Waals surface area contributed by atoms with Gasteiger partial charge in [-0.2, -0.15) is 0 Å². The molecule has 196 valence electrons. The van der Waals surface area contributed by atoms with Crippen LogP contribution in [-0.4, -0.2) is 64.0 Å². The average Bonchev–Trinajstić information content (AvgIpc) is 2.72. The van der Waals surface area contributed by atoms with E-state index in [1.807, 2.05) is 34.6 Å². The van der Waals surface area contributed by atoms with E-state index < -0.39 is 53.8 Å². The maximum Gasteiger partial charge on any atom is 0.326 e. The fourth-order valence-corrected chi connectivity index (χ4v) is 3.30. The molecule has 0 bridgehead atoms. The highest BCUT2D eigenvalue weighted by atomic mass is 16.4. The van der Waals surface area contributed by atoms with Crippen molar-refractivity contribution in [1.82, 2.24) is 16.0 Å². The fourth-order valence-electron chi connectivity index (χ4n) is 3.30. The lowest BCUT2D eigenvalue weighted by molar-refractivity contribution is -0.143. The van der Waals surface area contributed by atoms with Crippen LogP contribution in [0.3, 0.4) is 0 Å². The number of hydrogen-bond acceptors (Lipinski definition) is 6. The molecule has 0 rings (SSSR count). The Morgan fingerprint density at radius 2 is 1.26 bits per heavy atom. The molecular formula is C23H42N4O7. The highest BCUT2D eigenvalue weighted by molar-refractivity contribution is 5.94. The number of nitrogens with one attached hydrogen (secondary N) is 3. The Labute approximate surface area is 201 Å². The van der Waals surface area contributed by atoms with Gasteiger partial charge in [0, 0.05) is 6.42 Å². The molecule has 11 nitrogen and oxygen atoms in total. The van der Waals surface area contributed by atoms with E-state index in [1.54, 1.807) is 6.92 Å². The molecular weight excluding hydrogens is 444 g/mol. The van der Waals surface area contributed by atoms with E-state index in [0.717, 1.165) is 0 Å². The molecule has 0 aliphatic heterocycles. The first-order chi connectivity index (χ1) is 15.7. The average molecular weight is 487 g/mol. The molecule has 0 aromatic heterocycles. The van der Waals surface area contributed by atoms with Crippen LogP contribution in [0.2, 0.25) is 0 Å². The van der Waals surface area contributed by atoms with Crippen molar-refractivity contribution in [3.8, 4) is 0 Å². The Balaban J connectivity index is 5.53. The van der Waals surface area contributed by atoms with Crippen molar-refractivity contribution in [1.29, 1.82) is 0 Å². The highest BCUT2D eigenvalue weighted by Gasteiger charge is 2.33. The monoisotopic (exact) mass is 486 g/mol. The van der Waals surface area contributed by atoms with Crippen LogP contribution in [0.4, 0.5) is 0 Å². The summed E-state index contributed by atoms with van der Waals surface area (Å²) in [4.78, 5) is 60.8. The highest BCUT2D eigenvalue weighted by Crippen LogP contribution is 2.13. The van der Waals surface area contributed by atoms with Gasteiger partial charge in [0.15, 0.2) is 0 Å². The molecule has 3 amide bonds. The van der Waals surface area contributed by atoms with Crippen LogP contribution in [0.1, 0.15) is 73.6 Å². The van der Waals surface area contributed by atoms with Crippen LogP contribution in [0.25, 0.3) is 0 Å². The van der Waals surface area contributed by atoms with Gasteiger partial charge in [0.25, 0.3) is 0 Å². The van der Waals surface area contributed by atoms with Crippen molar-refractivity contribution in [2.45, 2.75) is 97.8 Å². The Bertz CT molecular complexity index is 711. The van der Waals surface area contributed by atoms with Gasteiger partial charge in [-0.25, -0.2) is 4.79 Å². The first kappa shape index (κ1) is 31.3. The van der Waals surface area contributed by atoms with Gasteiger partial charge >= 0.3 is 11.9 Å². The van der Waals surface area contributed by atoms with Gasteiger partial charge in [-0.15, -0.1) is 0 Å². The molecule has 0 radical (unpaired) electrons. The minimum absolute atomic E-state index is 0.0181. The first-order valence-electron chi connectivity index (χ1n) is 11.8. The second-order valence-electron chi connectivity index (χ2n) is 9.63. The predicted molar refractivity (Wildman–Crippen MR) is 127 cm³/mol. The van der Waals surface area contributed by atoms with E-state index in [2.05, 4.69) is 16.0 Å². The fraction of sp³-hybridized carbons (Fsp3) is 0.783. The number of carbonyl (C=O) groups excluding carboxylic acids is 3. The van der Waals surface area contributed by atoms with Crippen molar-refractivity contribution >= 4 is 29.7 Å². The van der Waals surface area contributed by atoms with Crippen LogP contribution in [0, 0.1) is 17.8 Å². The molecule has 0 aliphatic carbocycles. The van der Waals surface area contributed by atoms with Crippen LogP contribution in [0.5, 0.6) is 0 Å². The normalized spacial score (nSPS) is 15.7. The zero-order valence-corrected chi connectivity index (χ0v) is 21.1. The van der Waals surface area contributed by atoms with E-state index in [4.69, 9.17) is 10.8 Å². The minimum Gasteiger partial charge on any atom is -0.481 e. The van der Waals surface area contributed by atoms with Crippen molar-refractivity contribution in [2.75, 3.05) is 0 Å². The third kappa shape index (κ3) is 12.0. The molecule has 11 heteroatoms. The van der Waals surface area contributed by atoms with E-state index in [1.165, 1.54) is 0 Å². The van der Waals surface area contributed by atoms with Crippen LogP contribution >= 0.6 is 0 Å². The smallest absolute Gasteiger partial charge is 0.326 e. The number of nitrogens with two attached hydrogens (primary N) is 1. The van der Waals surface area contributed by atoms with Gasteiger partial charge in [-0.1, -0.05) is 48.0 Å². The van der Waals surface area contributed by atoms with Crippen molar-refractivity contribution in [3.63, 3.8) is 0 Å². The van der Waals surface area contributed by atoms with E-state index in [0.29, 0.717) is 6.42 Å². The van der Waals surface area contributed by atoms with Crippen molar-refractivity contribution < 1.29 is 34.2 Å². The Morgan fingerprint density at radius 3 is 1.71 bits per heavy atom. The molecule has 5 unspecified atom stereocenters. The zero-order chi connectivity index (χ0) is 26.6. The summed E-state index contributed by atoms with van der Waals surface area (Å²) in [5.74, 6) is -4.35. The number of carbonyl (C=O) groups is 5. The molecule has 0 fully saturated rings. The molecule has 0 aromatic rings. The number of carboxylic acid groups (broad SMARTS) is 2. The van der Waals surface area contributed by atoms with Crippen molar-refractivity contribution in [2.24, 2.45) is 23.5 Å². The summed E-state index contributed by atoms with van der Waals surface area (Å²) in [6, 6.07) is -4.18. The Kier molecular flexibility index (Phi) is 14.1. The quantitative estimate of drug-likeness (QED) is 0.185. The van der Waals surface area contributed by atoms with Gasteiger partial charge in [-0.05, 0) is 37.0 Å². The standard InChI is InChI=1S/C23H42N4O7/c1-7-14(6)19(22(32)26-17(23(33)34)11-13(4)5)27-21(31)16(10-12(2)3)25-20(30)15(24)8-9-18(28)29/h12-17,19H,7-11,24H2,1-6H3,(H,25,30)(H,26,32)(H,27,31)(H,28,29)(H,33,34). The lowest BCUT2D eigenvalue weighted by Crippen LogP contribution is -2.59. The van der Waals surface area contributed by atoms with E-state index in [9.17, 15) is 29.1 Å². The van der Waals surface area contributed by atoms with Crippen LogP contribution in [0.15, 0.2) is 0 Å².